The molecule has 1 heterocycles. The zero-order valence-corrected chi connectivity index (χ0v) is 20.4. The fourth-order valence-corrected chi connectivity index (χ4v) is 4.13. The number of carbonyl (C=O) groups is 2. The summed E-state index contributed by atoms with van der Waals surface area (Å²) < 4.78 is 10.3. The van der Waals surface area contributed by atoms with E-state index in [1.807, 2.05) is 31.2 Å². The van der Waals surface area contributed by atoms with Gasteiger partial charge in [0.25, 0.3) is 0 Å². The van der Waals surface area contributed by atoms with E-state index in [-0.39, 0.29) is 12.0 Å². The van der Waals surface area contributed by atoms with Gasteiger partial charge >= 0.3 is 12.0 Å². The summed E-state index contributed by atoms with van der Waals surface area (Å²) in [5.41, 5.74) is 1.99. The number of nitrogens with zero attached hydrogens (tertiary/aromatic N) is 2. The average Bonchev–Trinajstić information content (AvgIpc) is 3.30. The van der Waals surface area contributed by atoms with E-state index in [1.54, 1.807) is 18.1 Å². The van der Waals surface area contributed by atoms with E-state index >= 15 is 0 Å². The first-order chi connectivity index (χ1) is 15.5. The van der Waals surface area contributed by atoms with Crippen LogP contribution in [0.3, 0.4) is 0 Å². The quantitative estimate of drug-likeness (QED) is 0.334. The smallest absolute Gasteiger partial charge is 0.335 e. The number of aromatic nitrogens is 1. The number of nitrogens with one attached hydrogen (secondary N) is 1. The van der Waals surface area contributed by atoms with Crippen molar-refractivity contribution < 1.29 is 19.1 Å². The van der Waals surface area contributed by atoms with Gasteiger partial charge < -0.3 is 14.8 Å². The molecule has 2 aromatic rings. The molecule has 176 valence electrons. The first-order valence-electron chi connectivity index (χ1n) is 11.3. The highest BCUT2D eigenvalue weighted by Gasteiger charge is 2.20. The normalized spacial score (nSPS) is 11.8. The lowest BCUT2D eigenvalue weighted by molar-refractivity contribution is -0.153. The van der Waals surface area contributed by atoms with Crippen molar-refractivity contribution in [3.63, 3.8) is 0 Å². The van der Waals surface area contributed by atoms with Crippen molar-refractivity contribution in [3.8, 4) is 10.4 Å². The molecule has 1 atom stereocenters. The number of rotatable bonds is 13. The van der Waals surface area contributed by atoms with E-state index in [9.17, 15) is 9.59 Å². The molecule has 2 amide bonds. The molecule has 8 heteroatoms. The number of hydrogen-bond donors (Lipinski definition) is 1. The van der Waals surface area contributed by atoms with Gasteiger partial charge in [-0.05, 0) is 24.5 Å². The van der Waals surface area contributed by atoms with Gasteiger partial charge in [-0.3, -0.25) is 4.90 Å². The minimum Gasteiger partial charge on any atom is -0.467 e. The summed E-state index contributed by atoms with van der Waals surface area (Å²) in [6, 6.07) is 7.78. The molecule has 1 aromatic carbocycles. The van der Waals surface area contributed by atoms with Crippen molar-refractivity contribution >= 4 is 28.5 Å². The van der Waals surface area contributed by atoms with Gasteiger partial charge in [-0.15, -0.1) is 0 Å². The molecule has 0 spiro atoms. The second-order valence-corrected chi connectivity index (χ2v) is 8.59. The van der Waals surface area contributed by atoms with E-state index in [0.717, 1.165) is 28.8 Å². The van der Waals surface area contributed by atoms with Crippen LogP contribution in [0.5, 0.6) is 0 Å². The molecule has 0 radical (unpaired) electrons. The van der Waals surface area contributed by atoms with Crippen LogP contribution in [0.25, 0.3) is 10.4 Å². The molecule has 1 unspecified atom stereocenters. The van der Waals surface area contributed by atoms with E-state index < -0.39 is 6.10 Å². The Hall–Kier alpha value is -2.45. The lowest BCUT2D eigenvalue weighted by Gasteiger charge is -2.15. The van der Waals surface area contributed by atoms with Gasteiger partial charge in [0.1, 0.15) is 0 Å². The zero-order chi connectivity index (χ0) is 23.3. The second kappa shape index (κ2) is 13.9. The molecule has 0 aliphatic heterocycles. The summed E-state index contributed by atoms with van der Waals surface area (Å²) in [5.74, 6) is -0.370. The number of urea groups is 1. The van der Waals surface area contributed by atoms with Crippen LogP contribution in [-0.4, -0.2) is 50.4 Å². The van der Waals surface area contributed by atoms with Crippen molar-refractivity contribution in [3.05, 3.63) is 36.0 Å². The molecule has 0 aliphatic carbocycles. The van der Waals surface area contributed by atoms with Crippen LogP contribution in [0.15, 0.2) is 30.5 Å². The molecule has 1 N–H and O–H groups in total. The number of benzene rings is 1. The van der Waals surface area contributed by atoms with Crippen LogP contribution in [0.2, 0.25) is 0 Å². The van der Waals surface area contributed by atoms with Gasteiger partial charge in [0.15, 0.2) is 11.2 Å². The van der Waals surface area contributed by atoms with Gasteiger partial charge in [0, 0.05) is 32.8 Å². The summed E-state index contributed by atoms with van der Waals surface area (Å²) in [4.78, 5) is 31.2. The number of unbranched alkanes of at least 4 members (excludes halogenated alkanes) is 4. The van der Waals surface area contributed by atoms with E-state index in [1.165, 1.54) is 37.7 Å². The Morgan fingerprint density at radius 3 is 2.50 bits per heavy atom. The SMILES string of the molecule is CCCCCCCNC(=O)N(C)c1ncc(-c2ccc(CC(OCC)C(=O)OC)cc2)s1. The minimum absolute atomic E-state index is 0.137. The summed E-state index contributed by atoms with van der Waals surface area (Å²) in [5, 5.41) is 3.61. The van der Waals surface area contributed by atoms with E-state index in [4.69, 9.17) is 9.47 Å². The van der Waals surface area contributed by atoms with Crippen molar-refractivity contribution in [2.45, 2.75) is 58.5 Å². The largest absolute Gasteiger partial charge is 0.467 e. The Morgan fingerprint density at radius 1 is 1.12 bits per heavy atom. The first kappa shape index (κ1) is 25.8. The third-order valence-electron chi connectivity index (χ3n) is 5.13. The number of carbonyl (C=O) groups excluding carboxylic acids is 2. The molecule has 32 heavy (non-hydrogen) atoms. The third kappa shape index (κ3) is 7.91. The topological polar surface area (TPSA) is 80.8 Å². The second-order valence-electron chi connectivity index (χ2n) is 7.58. The highest BCUT2D eigenvalue weighted by atomic mass is 32.1. The number of thiazole rings is 1. The Kier molecular flexibility index (Phi) is 11.2. The Bertz CT molecular complexity index is 838. The van der Waals surface area contributed by atoms with Crippen LogP contribution in [0, 0.1) is 0 Å². The number of amides is 2. The fourth-order valence-electron chi connectivity index (χ4n) is 3.24. The maximum absolute atomic E-state index is 12.4. The van der Waals surface area contributed by atoms with Gasteiger partial charge in [-0.1, -0.05) is 68.2 Å². The molecule has 0 saturated heterocycles. The molecular formula is C24H35N3O4S. The van der Waals surface area contributed by atoms with Crippen molar-refractivity contribution in [1.82, 2.24) is 10.3 Å². The highest BCUT2D eigenvalue weighted by molar-refractivity contribution is 7.19. The van der Waals surface area contributed by atoms with Crippen LogP contribution >= 0.6 is 11.3 Å². The monoisotopic (exact) mass is 461 g/mol. The van der Waals surface area contributed by atoms with E-state index in [2.05, 4.69) is 17.2 Å². The molecule has 0 fully saturated rings. The van der Waals surface area contributed by atoms with Crippen LogP contribution in [-0.2, 0) is 20.7 Å². The lowest BCUT2D eigenvalue weighted by Crippen LogP contribution is -2.37. The van der Waals surface area contributed by atoms with Gasteiger partial charge in [0.2, 0.25) is 0 Å². The minimum atomic E-state index is -0.607. The third-order valence-corrected chi connectivity index (χ3v) is 6.26. The molecule has 1 aromatic heterocycles. The number of anilines is 1. The number of esters is 1. The van der Waals surface area contributed by atoms with E-state index in [0.29, 0.717) is 24.7 Å². The lowest BCUT2D eigenvalue weighted by atomic mass is 10.1. The molecule has 0 aliphatic rings. The Morgan fingerprint density at radius 2 is 1.84 bits per heavy atom. The Labute approximate surface area is 195 Å². The van der Waals surface area contributed by atoms with Gasteiger partial charge in [-0.2, -0.15) is 0 Å². The van der Waals surface area contributed by atoms with Crippen molar-refractivity contribution in [2.24, 2.45) is 0 Å². The number of hydrogen-bond acceptors (Lipinski definition) is 6. The molecule has 0 bridgehead atoms. The summed E-state index contributed by atoms with van der Waals surface area (Å²) in [6.45, 7) is 5.17. The summed E-state index contributed by atoms with van der Waals surface area (Å²) in [7, 11) is 3.10. The predicted molar refractivity (Wildman–Crippen MR) is 129 cm³/mol. The van der Waals surface area contributed by atoms with Crippen LogP contribution in [0.1, 0.15) is 51.5 Å². The summed E-state index contributed by atoms with van der Waals surface area (Å²) in [6.07, 6.45) is 7.43. The molecular weight excluding hydrogens is 426 g/mol. The zero-order valence-electron chi connectivity index (χ0n) is 19.6. The molecule has 0 saturated carbocycles. The maximum Gasteiger partial charge on any atom is 0.335 e. The van der Waals surface area contributed by atoms with Crippen LogP contribution in [0.4, 0.5) is 9.93 Å². The molecule has 7 nitrogen and oxygen atoms in total. The molecule has 2 rings (SSSR count). The summed E-state index contributed by atoms with van der Waals surface area (Å²) >= 11 is 1.46. The highest BCUT2D eigenvalue weighted by Crippen LogP contribution is 2.31. The first-order valence-corrected chi connectivity index (χ1v) is 12.1. The van der Waals surface area contributed by atoms with Crippen molar-refractivity contribution in [1.29, 1.82) is 0 Å². The number of ether oxygens (including phenoxy) is 2. The predicted octanol–water partition coefficient (Wildman–Crippen LogP) is 5.05. The average molecular weight is 462 g/mol. The van der Waals surface area contributed by atoms with Crippen LogP contribution < -0.4 is 10.2 Å². The van der Waals surface area contributed by atoms with Gasteiger partial charge in [0.05, 0.1) is 12.0 Å². The number of methoxy groups -OCH3 is 1. The Balaban J connectivity index is 1.92. The standard InChI is InChI=1S/C24H35N3O4S/c1-5-7-8-9-10-15-25-23(29)27(3)24-26-17-21(32-24)19-13-11-18(12-14-19)16-20(31-6-2)22(28)30-4/h11-14,17,20H,5-10,15-16H2,1-4H3,(H,25,29). The van der Waals surface area contributed by atoms with Crippen molar-refractivity contribution in [2.75, 3.05) is 32.2 Å². The fraction of sp³-hybridized carbons (Fsp3) is 0.542. The maximum atomic E-state index is 12.4. The van der Waals surface area contributed by atoms with Gasteiger partial charge in [-0.25, -0.2) is 14.6 Å².